The van der Waals surface area contributed by atoms with Crippen molar-refractivity contribution < 1.29 is 33.0 Å². The summed E-state index contributed by atoms with van der Waals surface area (Å²) in [5, 5.41) is 13.9. The molecule has 7 nitrogen and oxygen atoms in total. The molecule has 9 heteroatoms. The van der Waals surface area contributed by atoms with E-state index in [0.717, 1.165) is 56.0 Å². The number of carbonyl (C=O) groups is 3. The zero-order valence-corrected chi connectivity index (χ0v) is 28.8. The van der Waals surface area contributed by atoms with E-state index in [1.807, 2.05) is 48.5 Å². The third kappa shape index (κ3) is 8.08. The molecule has 0 bridgehead atoms. The van der Waals surface area contributed by atoms with Crippen LogP contribution >= 0.6 is 11.8 Å². The number of furan rings is 1. The zero-order chi connectivity index (χ0) is 34.8. The Morgan fingerprint density at radius 3 is 2.31 bits per heavy atom. The summed E-state index contributed by atoms with van der Waals surface area (Å²) in [5.74, 6) is -1.84. The van der Waals surface area contributed by atoms with Crippen molar-refractivity contribution in [2.75, 3.05) is 5.75 Å². The number of nitrogens with one attached hydrogen (secondary N) is 1. The number of halogens is 1. The van der Waals surface area contributed by atoms with Gasteiger partial charge in [-0.15, -0.1) is 0 Å². The van der Waals surface area contributed by atoms with Crippen LogP contribution in [0.4, 0.5) is 9.18 Å². The summed E-state index contributed by atoms with van der Waals surface area (Å²) < 4.78 is 26.6. The Morgan fingerprint density at radius 1 is 0.896 bits per heavy atom. The van der Waals surface area contributed by atoms with Crippen LogP contribution in [0.2, 0.25) is 0 Å². The maximum atomic E-state index is 15.2. The monoisotopic (exact) mass is 669 g/mol. The van der Waals surface area contributed by atoms with E-state index in [1.54, 1.807) is 32.9 Å². The second kappa shape index (κ2) is 13.8. The number of carboxylic acid groups (broad SMARTS) is 1. The fraction of sp³-hybridized carbons (Fsp3) is 0.308. The van der Waals surface area contributed by atoms with Crippen LogP contribution in [-0.2, 0) is 27.1 Å². The highest BCUT2D eigenvalue weighted by Gasteiger charge is 2.25. The van der Waals surface area contributed by atoms with E-state index in [0.29, 0.717) is 5.56 Å². The van der Waals surface area contributed by atoms with Crippen molar-refractivity contribution in [2.45, 2.75) is 70.8 Å². The average Bonchev–Trinajstić information content (AvgIpc) is 3.38. The summed E-state index contributed by atoms with van der Waals surface area (Å²) in [4.78, 5) is 37.1. The normalized spacial score (nSPS) is 12.6. The van der Waals surface area contributed by atoms with Crippen LogP contribution in [0, 0.1) is 5.82 Å². The predicted molar refractivity (Wildman–Crippen MR) is 189 cm³/mol. The molecule has 1 aromatic heterocycles. The summed E-state index contributed by atoms with van der Waals surface area (Å²) in [6, 6.07) is 23.3. The van der Waals surface area contributed by atoms with E-state index in [9.17, 15) is 19.5 Å². The lowest BCUT2D eigenvalue weighted by atomic mass is 9.80. The highest BCUT2D eigenvalue weighted by molar-refractivity contribution is 7.98. The SMILES string of the molecule is CC(C)(C)OC(=O)NC(CSCc1ccc(C(=O)Cc2ccc(C(C)(C)C)c(-c3cccc4c3oc3ccccc34)c2)cc1F)C(=O)O. The molecule has 2 N–H and O–H groups in total. The number of thioether (sulfide) groups is 1. The average molecular weight is 670 g/mol. The topological polar surface area (TPSA) is 106 Å². The predicted octanol–water partition coefficient (Wildman–Crippen LogP) is 9.33. The second-order valence-electron chi connectivity index (χ2n) is 13.9. The molecule has 0 radical (unpaired) electrons. The van der Waals surface area contributed by atoms with Crippen molar-refractivity contribution in [1.82, 2.24) is 5.32 Å². The van der Waals surface area contributed by atoms with E-state index in [-0.39, 0.29) is 34.7 Å². The maximum absolute atomic E-state index is 15.2. The van der Waals surface area contributed by atoms with Crippen LogP contribution in [0.25, 0.3) is 33.1 Å². The minimum Gasteiger partial charge on any atom is -0.480 e. The molecule has 1 amide bonds. The molecule has 1 heterocycles. The Kier molecular flexibility index (Phi) is 10.0. The van der Waals surface area contributed by atoms with Gasteiger partial charge in [0.15, 0.2) is 5.78 Å². The van der Waals surface area contributed by atoms with Crippen LogP contribution in [0.5, 0.6) is 0 Å². The highest BCUT2D eigenvalue weighted by atomic mass is 32.2. The summed E-state index contributed by atoms with van der Waals surface area (Å²) in [5.41, 5.74) is 5.07. The molecular formula is C39H40FNO6S. The van der Waals surface area contributed by atoms with Crippen molar-refractivity contribution in [3.05, 3.63) is 107 Å². The molecule has 0 fully saturated rings. The molecule has 0 saturated carbocycles. The number of ether oxygens (including phenoxy) is 1. The Hall–Kier alpha value is -4.63. The van der Waals surface area contributed by atoms with Gasteiger partial charge in [0.25, 0.3) is 0 Å². The van der Waals surface area contributed by atoms with Gasteiger partial charge in [-0.3, -0.25) is 4.79 Å². The maximum Gasteiger partial charge on any atom is 0.408 e. The van der Waals surface area contributed by atoms with E-state index >= 15 is 4.39 Å². The fourth-order valence-electron chi connectivity index (χ4n) is 5.57. The van der Waals surface area contributed by atoms with E-state index in [4.69, 9.17) is 9.15 Å². The third-order valence-corrected chi connectivity index (χ3v) is 8.94. The van der Waals surface area contributed by atoms with Crippen LogP contribution in [0.1, 0.15) is 68.6 Å². The second-order valence-corrected chi connectivity index (χ2v) is 14.9. The van der Waals surface area contributed by atoms with Gasteiger partial charge in [-0.05, 0) is 60.6 Å². The number of carbonyl (C=O) groups excluding carboxylic acids is 2. The third-order valence-electron chi connectivity index (χ3n) is 7.86. The summed E-state index contributed by atoms with van der Waals surface area (Å²) in [7, 11) is 0. The Bertz CT molecular complexity index is 2000. The number of fused-ring (bicyclic) bond motifs is 3. The van der Waals surface area contributed by atoms with E-state index in [2.05, 4.69) is 38.2 Å². The lowest BCUT2D eigenvalue weighted by Crippen LogP contribution is -2.44. The van der Waals surface area contributed by atoms with Gasteiger partial charge in [-0.2, -0.15) is 11.8 Å². The molecule has 1 unspecified atom stereocenters. The van der Waals surface area contributed by atoms with Crippen LogP contribution < -0.4 is 5.32 Å². The lowest BCUT2D eigenvalue weighted by Gasteiger charge is -2.24. The Balaban J connectivity index is 1.32. The first-order valence-electron chi connectivity index (χ1n) is 15.8. The molecule has 1 atom stereocenters. The van der Waals surface area contributed by atoms with Gasteiger partial charge in [0.2, 0.25) is 0 Å². The first-order valence-corrected chi connectivity index (χ1v) is 16.9. The van der Waals surface area contributed by atoms with Gasteiger partial charge in [0.1, 0.15) is 28.6 Å². The molecule has 4 aromatic carbocycles. The minimum absolute atomic E-state index is 0.00332. The highest BCUT2D eigenvalue weighted by Crippen LogP contribution is 2.40. The first kappa shape index (κ1) is 34.7. The minimum atomic E-state index is -1.22. The fourth-order valence-corrected chi connectivity index (χ4v) is 6.61. The van der Waals surface area contributed by atoms with Crippen molar-refractivity contribution in [1.29, 1.82) is 0 Å². The number of para-hydroxylation sites is 2. The number of hydrogen-bond donors (Lipinski definition) is 2. The number of rotatable bonds is 10. The molecule has 5 rings (SSSR count). The smallest absolute Gasteiger partial charge is 0.408 e. The molecule has 0 saturated heterocycles. The van der Waals surface area contributed by atoms with Crippen molar-refractivity contribution in [3.8, 4) is 11.1 Å². The van der Waals surface area contributed by atoms with Crippen LogP contribution in [0.15, 0.2) is 83.3 Å². The number of aliphatic carboxylic acids is 1. The van der Waals surface area contributed by atoms with Crippen LogP contribution in [-0.4, -0.2) is 40.3 Å². The van der Waals surface area contributed by atoms with Gasteiger partial charge in [-0.1, -0.05) is 87.5 Å². The largest absolute Gasteiger partial charge is 0.480 e. The van der Waals surface area contributed by atoms with Crippen molar-refractivity contribution >= 4 is 51.5 Å². The quantitative estimate of drug-likeness (QED) is 0.143. The van der Waals surface area contributed by atoms with E-state index < -0.39 is 29.5 Å². The van der Waals surface area contributed by atoms with Crippen molar-refractivity contribution in [2.24, 2.45) is 0 Å². The van der Waals surface area contributed by atoms with Gasteiger partial charge < -0.3 is 19.6 Å². The molecule has 5 aromatic rings. The lowest BCUT2D eigenvalue weighted by molar-refractivity contribution is -0.138. The number of hydrogen-bond acceptors (Lipinski definition) is 6. The summed E-state index contributed by atoms with van der Waals surface area (Å²) in [6.45, 7) is 11.5. The number of Topliss-reactive ketones (excluding diaryl/α,β-unsaturated/α-hetero) is 1. The Morgan fingerprint density at radius 2 is 1.62 bits per heavy atom. The number of ketones is 1. The molecule has 0 aliphatic rings. The van der Waals surface area contributed by atoms with E-state index in [1.165, 1.54) is 6.07 Å². The number of amides is 1. The molecule has 0 spiro atoms. The van der Waals surface area contributed by atoms with Crippen LogP contribution in [0.3, 0.4) is 0 Å². The zero-order valence-electron chi connectivity index (χ0n) is 28.0. The Labute approximate surface area is 283 Å². The summed E-state index contributed by atoms with van der Waals surface area (Å²) >= 11 is 1.15. The van der Waals surface area contributed by atoms with Gasteiger partial charge in [0.05, 0.1) is 0 Å². The van der Waals surface area contributed by atoms with Gasteiger partial charge >= 0.3 is 12.1 Å². The number of alkyl carbamates (subject to hydrolysis) is 1. The number of benzene rings is 4. The molecule has 0 aliphatic heterocycles. The molecular weight excluding hydrogens is 629 g/mol. The molecule has 250 valence electrons. The molecule has 48 heavy (non-hydrogen) atoms. The van der Waals surface area contributed by atoms with Gasteiger partial charge in [0, 0.05) is 39.8 Å². The molecule has 0 aliphatic carbocycles. The van der Waals surface area contributed by atoms with Crippen molar-refractivity contribution in [3.63, 3.8) is 0 Å². The standard InChI is InChI=1S/C39H40FNO6S/c1-38(2,3)30-17-14-23(18-29(30)28-12-9-11-27-26-10-7-8-13-34(26)46-35(27)28)19-33(42)24-15-16-25(31(40)20-24)21-48-22-32(36(43)44)41-37(45)47-39(4,5)6/h7-18,20,32H,19,21-22H2,1-6H3,(H,41,45)(H,43,44). The number of carboxylic acids is 1. The van der Waals surface area contributed by atoms with Gasteiger partial charge in [-0.25, -0.2) is 14.0 Å². The first-order chi connectivity index (χ1) is 22.6. The summed E-state index contributed by atoms with van der Waals surface area (Å²) in [6.07, 6.45) is -0.756.